The lowest BCUT2D eigenvalue weighted by Gasteiger charge is -2.29. The van der Waals surface area contributed by atoms with Crippen LogP contribution in [0.1, 0.15) is 38.6 Å². The fraction of sp³-hybridized carbons (Fsp3) is 0.429. The molecule has 0 spiro atoms. The Kier molecular flexibility index (Phi) is 6.61. The Morgan fingerprint density at radius 1 is 1.30 bits per heavy atom. The average Bonchev–Trinajstić information content (AvgIpc) is 3.13. The standard InChI is InChI=1S/C21H24ClF2N7O2/c1-10(9-32)27-20-26-8-16-19(30-20)31(13-4-2-11(3-5-13)18(25)33)21(28-16)29-17-14(22)6-12(23)7-15(17)24/h6-8,10-11,13,32H,2-5,9H2,1H3,(H2,25,33)(H,28,29)(H,26,27,30)/t10-,11?,13?/m0/s1. The first kappa shape index (κ1) is 23.1. The summed E-state index contributed by atoms with van der Waals surface area (Å²) in [4.78, 5) is 24.9. The predicted molar refractivity (Wildman–Crippen MR) is 120 cm³/mol. The van der Waals surface area contributed by atoms with E-state index in [1.54, 1.807) is 6.92 Å². The third-order valence-electron chi connectivity index (χ3n) is 5.79. The molecule has 176 valence electrons. The number of nitrogens with two attached hydrogens (primary N) is 1. The summed E-state index contributed by atoms with van der Waals surface area (Å²) >= 11 is 6.08. The maximum absolute atomic E-state index is 14.5. The number of aliphatic hydroxyl groups is 1. The van der Waals surface area contributed by atoms with Crippen molar-refractivity contribution in [3.63, 3.8) is 0 Å². The van der Waals surface area contributed by atoms with Gasteiger partial charge in [0.05, 0.1) is 23.5 Å². The highest BCUT2D eigenvalue weighted by Gasteiger charge is 2.29. The Balaban J connectivity index is 1.77. The van der Waals surface area contributed by atoms with Crippen LogP contribution in [0.4, 0.5) is 26.4 Å². The molecule has 2 heterocycles. The van der Waals surface area contributed by atoms with E-state index in [2.05, 4.69) is 25.6 Å². The highest BCUT2D eigenvalue weighted by Crippen LogP contribution is 2.38. The molecule has 3 aromatic rings. The van der Waals surface area contributed by atoms with E-state index in [1.807, 2.05) is 4.57 Å². The van der Waals surface area contributed by atoms with Gasteiger partial charge in [-0.15, -0.1) is 0 Å². The van der Waals surface area contributed by atoms with E-state index in [4.69, 9.17) is 17.3 Å². The molecule has 1 aromatic carbocycles. The van der Waals surface area contributed by atoms with Gasteiger partial charge in [-0.2, -0.15) is 4.98 Å². The number of aliphatic hydroxyl groups excluding tert-OH is 1. The van der Waals surface area contributed by atoms with Gasteiger partial charge in [-0.3, -0.25) is 9.36 Å². The number of amides is 1. The quantitative estimate of drug-likeness (QED) is 0.407. The van der Waals surface area contributed by atoms with Crippen molar-refractivity contribution in [2.24, 2.45) is 11.7 Å². The van der Waals surface area contributed by atoms with E-state index >= 15 is 0 Å². The van der Waals surface area contributed by atoms with Gasteiger partial charge >= 0.3 is 0 Å². The summed E-state index contributed by atoms with van der Waals surface area (Å²) in [5.74, 6) is -1.61. The summed E-state index contributed by atoms with van der Waals surface area (Å²) in [7, 11) is 0. The minimum atomic E-state index is -0.860. The number of primary amides is 1. The first-order chi connectivity index (χ1) is 15.8. The largest absolute Gasteiger partial charge is 0.394 e. The first-order valence-corrected chi connectivity index (χ1v) is 11.0. The fourth-order valence-electron chi connectivity index (χ4n) is 4.05. The number of benzene rings is 1. The van der Waals surface area contributed by atoms with E-state index in [0.717, 1.165) is 12.1 Å². The highest BCUT2D eigenvalue weighted by molar-refractivity contribution is 6.33. The van der Waals surface area contributed by atoms with E-state index in [9.17, 15) is 18.7 Å². The third-order valence-corrected chi connectivity index (χ3v) is 6.09. The number of carbonyl (C=O) groups excluding carboxylic acids is 1. The number of imidazole rings is 1. The molecule has 1 atom stereocenters. The lowest BCUT2D eigenvalue weighted by molar-refractivity contribution is -0.122. The minimum Gasteiger partial charge on any atom is -0.394 e. The van der Waals surface area contributed by atoms with Crippen LogP contribution in [-0.2, 0) is 4.79 Å². The van der Waals surface area contributed by atoms with Crippen LogP contribution in [0.5, 0.6) is 0 Å². The number of halogens is 3. The van der Waals surface area contributed by atoms with Gasteiger partial charge < -0.3 is 21.5 Å². The number of nitrogens with zero attached hydrogens (tertiary/aromatic N) is 4. The van der Waals surface area contributed by atoms with Gasteiger partial charge in [0.2, 0.25) is 17.8 Å². The molecule has 1 fully saturated rings. The smallest absolute Gasteiger partial charge is 0.225 e. The van der Waals surface area contributed by atoms with Gasteiger partial charge in [0, 0.05) is 24.1 Å². The van der Waals surface area contributed by atoms with Crippen LogP contribution in [0.15, 0.2) is 18.3 Å². The molecule has 9 nitrogen and oxygen atoms in total. The van der Waals surface area contributed by atoms with Gasteiger partial charge in [-0.25, -0.2) is 18.7 Å². The van der Waals surface area contributed by atoms with Crippen molar-refractivity contribution in [3.8, 4) is 0 Å². The Bertz CT molecular complexity index is 1160. The third kappa shape index (κ3) is 4.83. The molecular formula is C21H24ClF2N7O2. The number of anilines is 3. The molecule has 2 aromatic heterocycles. The number of hydrogen-bond acceptors (Lipinski definition) is 7. The summed E-state index contributed by atoms with van der Waals surface area (Å²) in [5.41, 5.74) is 6.30. The SMILES string of the molecule is C[C@@H](CO)Nc1ncc2nc(Nc3c(F)cc(F)cc3Cl)n(C3CCC(C(N)=O)CC3)c2n1. The number of carbonyl (C=O) groups is 1. The van der Waals surface area contributed by atoms with Crippen LogP contribution in [0.2, 0.25) is 5.02 Å². The molecule has 12 heteroatoms. The van der Waals surface area contributed by atoms with Gasteiger partial charge in [-0.1, -0.05) is 11.6 Å². The van der Waals surface area contributed by atoms with Gasteiger partial charge in [-0.05, 0) is 38.7 Å². The number of aromatic nitrogens is 4. The minimum absolute atomic E-state index is 0.103. The Hall–Kier alpha value is -3.05. The van der Waals surface area contributed by atoms with Gasteiger partial charge in [0.15, 0.2) is 11.5 Å². The van der Waals surface area contributed by atoms with E-state index in [0.29, 0.717) is 42.8 Å². The lowest BCUT2D eigenvalue weighted by Crippen LogP contribution is -2.29. The molecule has 1 saturated carbocycles. The molecule has 0 bridgehead atoms. The molecule has 1 amide bonds. The van der Waals surface area contributed by atoms with Crippen LogP contribution in [0.25, 0.3) is 11.2 Å². The average molecular weight is 480 g/mol. The second-order valence-corrected chi connectivity index (χ2v) is 8.62. The van der Waals surface area contributed by atoms with E-state index < -0.39 is 11.6 Å². The van der Waals surface area contributed by atoms with Crippen molar-refractivity contribution in [1.82, 2.24) is 19.5 Å². The molecule has 33 heavy (non-hydrogen) atoms. The van der Waals surface area contributed by atoms with Crippen molar-refractivity contribution >= 4 is 46.3 Å². The number of rotatable bonds is 7. The fourth-order valence-corrected chi connectivity index (χ4v) is 4.29. The monoisotopic (exact) mass is 479 g/mol. The van der Waals surface area contributed by atoms with Crippen LogP contribution < -0.4 is 16.4 Å². The van der Waals surface area contributed by atoms with E-state index in [-0.39, 0.29) is 47.2 Å². The van der Waals surface area contributed by atoms with Gasteiger partial charge in [0.1, 0.15) is 11.3 Å². The Morgan fingerprint density at radius 3 is 2.67 bits per heavy atom. The first-order valence-electron chi connectivity index (χ1n) is 10.6. The molecule has 0 aliphatic heterocycles. The molecule has 1 aliphatic carbocycles. The summed E-state index contributed by atoms with van der Waals surface area (Å²) in [5, 5.41) is 15.1. The molecule has 1 aliphatic rings. The van der Waals surface area contributed by atoms with Crippen LogP contribution >= 0.6 is 11.6 Å². The number of fused-ring (bicyclic) bond motifs is 1. The van der Waals surface area contributed by atoms with Crippen LogP contribution in [0, 0.1) is 17.6 Å². The molecular weight excluding hydrogens is 456 g/mol. The van der Waals surface area contributed by atoms with Crippen molar-refractivity contribution in [2.75, 3.05) is 17.2 Å². The maximum Gasteiger partial charge on any atom is 0.225 e. The van der Waals surface area contributed by atoms with Crippen molar-refractivity contribution in [1.29, 1.82) is 0 Å². The van der Waals surface area contributed by atoms with Gasteiger partial charge in [0.25, 0.3) is 0 Å². The maximum atomic E-state index is 14.5. The van der Waals surface area contributed by atoms with Crippen molar-refractivity contribution < 1.29 is 18.7 Å². The second-order valence-electron chi connectivity index (χ2n) is 8.21. The molecule has 0 saturated heterocycles. The van der Waals surface area contributed by atoms with Crippen LogP contribution in [0.3, 0.4) is 0 Å². The number of nitrogens with one attached hydrogen (secondary N) is 2. The molecule has 0 unspecified atom stereocenters. The summed E-state index contributed by atoms with van der Waals surface area (Å²) < 4.78 is 29.8. The Labute approximate surface area is 193 Å². The predicted octanol–water partition coefficient (Wildman–Crippen LogP) is 3.51. The highest BCUT2D eigenvalue weighted by atomic mass is 35.5. The normalized spacial score (nSPS) is 19.4. The van der Waals surface area contributed by atoms with Crippen molar-refractivity contribution in [3.05, 3.63) is 35.0 Å². The number of hydrogen-bond donors (Lipinski definition) is 4. The zero-order valence-electron chi connectivity index (χ0n) is 17.9. The van der Waals surface area contributed by atoms with E-state index in [1.165, 1.54) is 6.20 Å². The van der Waals surface area contributed by atoms with Crippen LogP contribution in [-0.4, -0.2) is 43.2 Å². The zero-order valence-corrected chi connectivity index (χ0v) is 18.6. The Morgan fingerprint density at radius 2 is 2.03 bits per heavy atom. The van der Waals surface area contributed by atoms with Crippen molar-refractivity contribution in [2.45, 2.75) is 44.7 Å². The lowest BCUT2D eigenvalue weighted by atomic mass is 9.85. The molecule has 5 N–H and O–H groups in total. The molecule has 0 radical (unpaired) electrons. The molecule has 4 rings (SSSR count). The zero-order chi connectivity index (χ0) is 23.7. The second kappa shape index (κ2) is 9.44. The topological polar surface area (TPSA) is 131 Å². The summed E-state index contributed by atoms with van der Waals surface area (Å²) in [6.07, 6.45) is 3.99. The summed E-state index contributed by atoms with van der Waals surface area (Å²) in [6.45, 7) is 1.68. The summed E-state index contributed by atoms with van der Waals surface area (Å²) in [6, 6.07) is 1.37.